The van der Waals surface area contributed by atoms with Gasteiger partial charge in [-0.25, -0.2) is 0 Å². The lowest BCUT2D eigenvalue weighted by atomic mass is 10.3. The summed E-state index contributed by atoms with van der Waals surface area (Å²) in [7, 11) is 0. The Morgan fingerprint density at radius 2 is 2.11 bits per heavy atom. The Labute approximate surface area is 110 Å². The molecule has 0 radical (unpaired) electrons. The molecule has 0 saturated heterocycles. The first-order valence-electron chi connectivity index (χ1n) is 5.50. The number of nitriles is 1. The number of nitrogens with zero attached hydrogens (tertiary/aromatic N) is 1. The molecule has 1 aromatic carbocycles. The molecular formula is C13H13N3OS. The van der Waals surface area contributed by atoms with E-state index >= 15 is 0 Å². The van der Waals surface area contributed by atoms with Crippen LogP contribution in [-0.2, 0) is 0 Å². The van der Waals surface area contributed by atoms with Gasteiger partial charge in [0.2, 0.25) is 0 Å². The van der Waals surface area contributed by atoms with Crippen molar-refractivity contribution in [2.45, 2.75) is 0 Å². The molecule has 18 heavy (non-hydrogen) atoms. The van der Waals surface area contributed by atoms with E-state index < -0.39 is 0 Å². The predicted octanol–water partition coefficient (Wildman–Crippen LogP) is 2.69. The zero-order valence-electron chi connectivity index (χ0n) is 9.72. The summed E-state index contributed by atoms with van der Waals surface area (Å²) in [4.78, 5) is 0.543. The first-order chi connectivity index (χ1) is 8.79. The Hall–Kier alpha value is -2.19. The SMILES string of the molecule is N#Cc1sc(NCCOc2ccccc2)cc1N. The van der Waals surface area contributed by atoms with Gasteiger partial charge in [-0.05, 0) is 18.2 Å². The second kappa shape index (κ2) is 5.94. The van der Waals surface area contributed by atoms with E-state index in [0.717, 1.165) is 10.8 Å². The molecule has 0 aliphatic rings. The number of rotatable bonds is 5. The fraction of sp³-hybridized carbons (Fsp3) is 0.154. The van der Waals surface area contributed by atoms with Gasteiger partial charge in [-0.15, -0.1) is 11.3 Å². The molecule has 0 spiro atoms. The Balaban J connectivity index is 1.77. The van der Waals surface area contributed by atoms with E-state index in [-0.39, 0.29) is 0 Å². The Morgan fingerprint density at radius 1 is 1.33 bits per heavy atom. The molecule has 92 valence electrons. The highest BCUT2D eigenvalue weighted by Crippen LogP contribution is 2.27. The van der Waals surface area contributed by atoms with E-state index in [2.05, 4.69) is 11.4 Å². The number of thiophene rings is 1. The molecule has 1 heterocycles. The summed E-state index contributed by atoms with van der Waals surface area (Å²) in [5, 5.41) is 12.8. The van der Waals surface area contributed by atoms with Crippen LogP contribution in [0.2, 0.25) is 0 Å². The maximum absolute atomic E-state index is 8.78. The van der Waals surface area contributed by atoms with Crippen molar-refractivity contribution < 1.29 is 4.74 Å². The molecule has 2 aromatic rings. The number of ether oxygens (including phenoxy) is 1. The molecule has 0 amide bonds. The third kappa shape index (κ3) is 3.15. The number of benzene rings is 1. The smallest absolute Gasteiger partial charge is 0.129 e. The van der Waals surface area contributed by atoms with Crippen molar-refractivity contribution in [1.82, 2.24) is 0 Å². The largest absolute Gasteiger partial charge is 0.492 e. The highest BCUT2D eigenvalue weighted by atomic mass is 32.1. The molecule has 0 fully saturated rings. The minimum Gasteiger partial charge on any atom is -0.492 e. The normalized spacial score (nSPS) is 9.72. The van der Waals surface area contributed by atoms with Crippen LogP contribution in [0.4, 0.5) is 10.7 Å². The van der Waals surface area contributed by atoms with Crippen molar-refractivity contribution in [1.29, 1.82) is 5.26 Å². The number of nitrogens with one attached hydrogen (secondary N) is 1. The number of para-hydroxylation sites is 1. The molecule has 0 saturated carbocycles. The Kier molecular flexibility index (Phi) is 4.05. The standard InChI is InChI=1S/C13H13N3OS/c14-9-12-11(15)8-13(18-12)16-6-7-17-10-4-2-1-3-5-10/h1-5,8,16H,6-7,15H2. The third-order valence-electron chi connectivity index (χ3n) is 2.28. The Morgan fingerprint density at radius 3 is 2.78 bits per heavy atom. The van der Waals surface area contributed by atoms with Crippen molar-refractivity contribution in [3.8, 4) is 11.8 Å². The summed E-state index contributed by atoms with van der Waals surface area (Å²) in [6.45, 7) is 1.23. The van der Waals surface area contributed by atoms with E-state index in [1.807, 2.05) is 30.3 Å². The minimum atomic E-state index is 0.522. The van der Waals surface area contributed by atoms with Gasteiger partial charge >= 0.3 is 0 Å². The molecular weight excluding hydrogens is 246 g/mol. The lowest BCUT2D eigenvalue weighted by molar-refractivity contribution is 0.333. The minimum absolute atomic E-state index is 0.522. The van der Waals surface area contributed by atoms with Crippen molar-refractivity contribution in [3.63, 3.8) is 0 Å². The maximum Gasteiger partial charge on any atom is 0.129 e. The van der Waals surface area contributed by atoms with Gasteiger partial charge in [0.15, 0.2) is 0 Å². The monoisotopic (exact) mass is 259 g/mol. The van der Waals surface area contributed by atoms with Crippen LogP contribution in [0.3, 0.4) is 0 Å². The van der Waals surface area contributed by atoms with Gasteiger partial charge in [-0.3, -0.25) is 0 Å². The van der Waals surface area contributed by atoms with E-state index in [1.165, 1.54) is 11.3 Å². The molecule has 1 aromatic heterocycles. The zero-order chi connectivity index (χ0) is 12.8. The van der Waals surface area contributed by atoms with Crippen LogP contribution in [0.1, 0.15) is 4.88 Å². The summed E-state index contributed by atoms with van der Waals surface area (Å²) in [6, 6.07) is 13.5. The van der Waals surface area contributed by atoms with Gasteiger partial charge in [-0.1, -0.05) is 18.2 Å². The summed E-state index contributed by atoms with van der Waals surface area (Å²) in [6.07, 6.45) is 0. The van der Waals surface area contributed by atoms with Crippen molar-refractivity contribution in [2.75, 3.05) is 24.2 Å². The lowest BCUT2D eigenvalue weighted by Gasteiger charge is -2.06. The summed E-state index contributed by atoms with van der Waals surface area (Å²) in [5.74, 6) is 0.850. The van der Waals surface area contributed by atoms with Crippen molar-refractivity contribution in [3.05, 3.63) is 41.3 Å². The molecule has 2 rings (SSSR count). The molecule has 0 bridgehead atoms. The highest BCUT2D eigenvalue weighted by Gasteiger charge is 2.04. The van der Waals surface area contributed by atoms with E-state index in [1.54, 1.807) is 6.07 Å². The molecule has 0 aliphatic carbocycles. The number of anilines is 2. The van der Waals surface area contributed by atoms with Crippen LogP contribution in [0.15, 0.2) is 36.4 Å². The van der Waals surface area contributed by atoms with E-state index in [0.29, 0.717) is 23.7 Å². The number of hydrogen-bond donors (Lipinski definition) is 2. The molecule has 3 N–H and O–H groups in total. The second-order valence-electron chi connectivity index (χ2n) is 3.60. The quantitative estimate of drug-likeness (QED) is 0.810. The third-order valence-corrected chi connectivity index (χ3v) is 3.29. The van der Waals surface area contributed by atoms with Gasteiger partial charge in [0.05, 0.1) is 10.7 Å². The number of nitrogens with two attached hydrogens (primary N) is 1. The average molecular weight is 259 g/mol. The van der Waals surface area contributed by atoms with Crippen LogP contribution in [0, 0.1) is 11.3 Å². The predicted molar refractivity (Wildman–Crippen MR) is 73.9 cm³/mol. The van der Waals surface area contributed by atoms with Crippen LogP contribution in [0.25, 0.3) is 0 Å². The van der Waals surface area contributed by atoms with Gasteiger partial charge < -0.3 is 15.8 Å². The van der Waals surface area contributed by atoms with Gasteiger partial charge in [0.1, 0.15) is 23.3 Å². The van der Waals surface area contributed by atoms with Gasteiger partial charge in [0, 0.05) is 6.54 Å². The summed E-state index contributed by atoms with van der Waals surface area (Å²) < 4.78 is 5.54. The second-order valence-corrected chi connectivity index (χ2v) is 4.65. The van der Waals surface area contributed by atoms with Crippen LogP contribution in [-0.4, -0.2) is 13.2 Å². The molecule has 0 aliphatic heterocycles. The fourth-order valence-electron chi connectivity index (χ4n) is 1.44. The van der Waals surface area contributed by atoms with Gasteiger partial charge in [-0.2, -0.15) is 5.26 Å². The topological polar surface area (TPSA) is 71.1 Å². The average Bonchev–Trinajstić information content (AvgIpc) is 2.76. The van der Waals surface area contributed by atoms with E-state index in [9.17, 15) is 0 Å². The highest BCUT2D eigenvalue weighted by molar-refractivity contribution is 7.17. The molecule has 0 unspecified atom stereocenters. The molecule has 0 atom stereocenters. The first kappa shape index (κ1) is 12.3. The van der Waals surface area contributed by atoms with Crippen LogP contribution >= 0.6 is 11.3 Å². The molecule has 4 nitrogen and oxygen atoms in total. The summed E-state index contributed by atoms with van der Waals surface area (Å²) >= 11 is 1.35. The lowest BCUT2D eigenvalue weighted by Crippen LogP contribution is -2.10. The van der Waals surface area contributed by atoms with Crippen LogP contribution < -0.4 is 15.8 Å². The fourth-order valence-corrected chi connectivity index (χ4v) is 2.24. The van der Waals surface area contributed by atoms with E-state index in [4.69, 9.17) is 15.7 Å². The van der Waals surface area contributed by atoms with Crippen molar-refractivity contribution >= 4 is 22.0 Å². The summed E-state index contributed by atoms with van der Waals surface area (Å²) in [5.41, 5.74) is 6.19. The zero-order valence-corrected chi connectivity index (χ0v) is 10.5. The number of hydrogen-bond acceptors (Lipinski definition) is 5. The number of nitrogen functional groups attached to an aromatic ring is 1. The first-order valence-corrected chi connectivity index (χ1v) is 6.32. The maximum atomic E-state index is 8.78. The Bertz CT molecular complexity index is 545. The van der Waals surface area contributed by atoms with Crippen LogP contribution in [0.5, 0.6) is 5.75 Å². The van der Waals surface area contributed by atoms with Crippen molar-refractivity contribution in [2.24, 2.45) is 0 Å². The molecule has 5 heteroatoms. The van der Waals surface area contributed by atoms with Gasteiger partial charge in [0.25, 0.3) is 0 Å².